The van der Waals surface area contributed by atoms with Crippen LogP contribution in [0.3, 0.4) is 0 Å². The van der Waals surface area contributed by atoms with Crippen LogP contribution in [-0.4, -0.2) is 16.1 Å². The lowest BCUT2D eigenvalue weighted by atomic mass is 10.1. The van der Waals surface area contributed by atoms with Crippen LogP contribution in [0.2, 0.25) is 5.02 Å². The van der Waals surface area contributed by atoms with E-state index in [9.17, 15) is 4.79 Å². The fourth-order valence-corrected chi connectivity index (χ4v) is 3.21. The molecule has 1 aromatic carbocycles. The van der Waals surface area contributed by atoms with Crippen molar-refractivity contribution in [1.29, 1.82) is 0 Å². The van der Waals surface area contributed by atoms with Crippen molar-refractivity contribution in [2.24, 2.45) is 0 Å². The summed E-state index contributed by atoms with van der Waals surface area (Å²) < 4.78 is 1.26. The third kappa shape index (κ3) is 2.70. The number of thiazole rings is 1. The first-order valence-electron chi connectivity index (χ1n) is 4.34. The molecule has 2 rings (SSSR count). The molecular weight excluding hydrogens is 393 g/mol. The van der Waals surface area contributed by atoms with Gasteiger partial charge in [0, 0.05) is 4.47 Å². The van der Waals surface area contributed by atoms with Crippen molar-refractivity contribution in [2.45, 2.75) is 0 Å². The summed E-state index contributed by atoms with van der Waals surface area (Å²) in [7, 11) is 0. The van der Waals surface area contributed by atoms with Crippen LogP contribution in [0.5, 0.6) is 0 Å². The van der Waals surface area contributed by atoms with Gasteiger partial charge in [0.15, 0.2) is 9.61 Å². The molecule has 0 aliphatic carbocycles. The van der Waals surface area contributed by atoms with Gasteiger partial charge in [-0.25, -0.2) is 9.78 Å². The number of rotatable bonds is 2. The summed E-state index contributed by atoms with van der Waals surface area (Å²) in [5, 5.41) is 9.63. The average molecular weight is 397 g/mol. The lowest BCUT2D eigenvalue weighted by Crippen LogP contribution is -1.98. The van der Waals surface area contributed by atoms with E-state index in [1.54, 1.807) is 18.2 Å². The summed E-state index contributed by atoms with van der Waals surface area (Å²) >= 11 is 13.7. The quantitative estimate of drug-likeness (QED) is 0.800. The second-order valence-corrected chi connectivity index (χ2v) is 6.62. The van der Waals surface area contributed by atoms with Crippen LogP contribution in [0.4, 0.5) is 0 Å². The summed E-state index contributed by atoms with van der Waals surface area (Å²) in [4.78, 5) is 15.6. The first-order valence-corrected chi connectivity index (χ1v) is 7.12. The zero-order valence-corrected chi connectivity index (χ0v) is 12.8. The number of carboxylic acid groups (broad SMARTS) is 1. The lowest BCUT2D eigenvalue weighted by molar-refractivity contribution is 0.0692. The Kier molecular flexibility index (Phi) is 3.87. The number of nitrogens with zero attached hydrogens (tertiary/aromatic N) is 1. The van der Waals surface area contributed by atoms with Gasteiger partial charge in [0.2, 0.25) is 0 Å². The minimum atomic E-state index is -1.05. The van der Waals surface area contributed by atoms with Crippen molar-refractivity contribution in [3.8, 4) is 10.4 Å². The number of hydrogen-bond acceptors (Lipinski definition) is 3. The fraction of sp³-hybridized carbons (Fsp3) is 0. The Morgan fingerprint density at radius 2 is 2.12 bits per heavy atom. The number of hydrogen-bond donors (Lipinski definition) is 1. The molecule has 1 heterocycles. The fourth-order valence-electron chi connectivity index (χ4n) is 1.27. The summed E-state index contributed by atoms with van der Waals surface area (Å²) in [5.41, 5.74) is 0.804. The number of benzene rings is 1. The Hall–Kier alpha value is -0.430. The van der Waals surface area contributed by atoms with Crippen LogP contribution in [0.15, 0.2) is 26.6 Å². The molecule has 0 saturated carbocycles. The number of carbonyl (C=O) groups is 1. The second-order valence-electron chi connectivity index (χ2n) is 3.08. The molecule has 0 amide bonds. The van der Waals surface area contributed by atoms with E-state index in [1.807, 2.05) is 0 Å². The van der Waals surface area contributed by atoms with E-state index in [0.717, 1.165) is 10.0 Å². The highest BCUT2D eigenvalue weighted by Crippen LogP contribution is 2.36. The van der Waals surface area contributed by atoms with Crippen LogP contribution in [0.1, 0.15) is 10.5 Å². The number of aromatic carboxylic acids is 1. The highest BCUT2D eigenvalue weighted by atomic mass is 79.9. The van der Waals surface area contributed by atoms with E-state index in [2.05, 4.69) is 36.8 Å². The summed E-state index contributed by atoms with van der Waals surface area (Å²) in [5.74, 6) is -1.05. The van der Waals surface area contributed by atoms with Crippen LogP contribution in [-0.2, 0) is 0 Å². The smallest absolute Gasteiger partial charge is 0.356 e. The van der Waals surface area contributed by atoms with E-state index in [-0.39, 0.29) is 5.69 Å². The zero-order chi connectivity index (χ0) is 12.6. The van der Waals surface area contributed by atoms with Gasteiger partial charge in [-0.05, 0) is 49.6 Å². The summed E-state index contributed by atoms with van der Waals surface area (Å²) in [6.45, 7) is 0. The van der Waals surface area contributed by atoms with Crippen molar-refractivity contribution in [3.05, 3.63) is 37.3 Å². The van der Waals surface area contributed by atoms with Gasteiger partial charge in [-0.1, -0.05) is 17.7 Å². The molecule has 17 heavy (non-hydrogen) atoms. The standard InChI is InChI=1S/C10H4Br2ClNO2S/c11-5-3-4(1-2-6(5)13)8-7(9(15)16)14-10(12)17-8/h1-3H,(H,15,16). The van der Waals surface area contributed by atoms with Gasteiger partial charge in [0.25, 0.3) is 0 Å². The van der Waals surface area contributed by atoms with Gasteiger partial charge < -0.3 is 5.11 Å². The highest BCUT2D eigenvalue weighted by molar-refractivity contribution is 9.11. The predicted molar refractivity (Wildman–Crippen MR) is 74.9 cm³/mol. The van der Waals surface area contributed by atoms with E-state index < -0.39 is 5.97 Å². The normalized spacial score (nSPS) is 10.5. The van der Waals surface area contributed by atoms with Gasteiger partial charge in [-0.15, -0.1) is 11.3 Å². The molecule has 0 atom stereocenters. The maximum atomic E-state index is 11.0. The maximum absolute atomic E-state index is 11.0. The largest absolute Gasteiger partial charge is 0.476 e. The van der Waals surface area contributed by atoms with Gasteiger partial charge >= 0.3 is 5.97 Å². The molecule has 0 spiro atoms. The molecule has 0 aliphatic rings. The van der Waals surface area contributed by atoms with E-state index in [1.165, 1.54) is 11.3 Å². The molecule has 1 N–H and O–H groups in total. The molecule has 0 unspecified atom stereocenters. The molecule has 7 heteroatoms. The van der Waals surface area contributed by atoms with E-state index in [4.69, 9.17) is 16.7 Å². The van der Waals surface area contributed by atoms with Gasteiger partial charge in [-0.3, -0.25) is 0 Å². The third-order valence-electron chi connectivity index (χ3n) is 1.99. The molecule has 3 nitrogen and oxygen atoms in total. The molecule has 88 valence electrons. The molecule has 0 fully saturated rings. The number of carboxylic acids is 1. The Morgan fingerprint density at radius 1 is 1.41 bits per heavy atom. The van der Waals surface area contributed by atoms with Crippen molar-refractivity contribution in [1.82, 2.24) is 4.98 Å². The minimum Gasteiger partial charge on any atom is -0.476 e. The van der Waals surface area contributed by atoms with Crippen LogP contribution in [0.25, 0.3) is 10.4 Å². The van der Waals surface area contributed by atoms with Crippen LogP contribution in [0, 0.1) is 0 Å². The topological polar surface area (TPSA) is 50.2 Å². The van der Waals surface area contributed by atoms with E-state index in [0.29, 0.717) is 13.8 Å². The van der Waals surface area contributed by atoms with Crippen LogP contribution < -0.4 is 0 Å². The molecule has 0 aliphatic heterocycles. The van der Waals surface area contributed by atoms with Crippen molar-refractivity contribution >= 4 is 60.8 Å². The third-order valence-corrected chi connectivity index (χ3v) is 4.76. The maximum Gasteiger partial charge on any atom is 0.356 e. The predicted octanol–water partition coefficient (Wildman–Crippen LogP) is 4.69. The molecular formula is C10H4Br2ClNO2S. The van der Waals surface area contributed by atoms with Crippen molar-refractivity contribution in [3.63, 3.8) is 0 Å². The minimum absolute atomic E-state index is 0.0381. The van der Waals surface area contributed by atoms with Crippen molar-refractivity contribution < 1.29 is 9.90 Å². The first kappa shape index (κ1) is 13.0. The summed E-state index contributed by atoms with van der Waals surface area (Å²) in [6.07, 6.45) is 0. The second kappa shape index (κ2) is 5.06. The van der Waals surface area contributed by atoms with Gasteiger partial charge in [-0.2, -0.15) is 0 Å². The molecule has 0 bridgehead atoms. The molecule has 0 radical (unpaired) electrons. The zero-order valence-electron chi connectivity index (χ0n) is 8.08. The first-order chi connectivity index (χ1) is 7.99. The Labute approximate surface area is 123 Å². The highest BCUT2D eigenvalue weighted by Gasteiger charge is 2.18. The number of aromatic nitrogens is 1. The molecule has 1 aromatic heterocycles. The Balaban J connectivity index is 2.59. The van der Waals surface area contributed by atoms with Crippen molar-refractivity contribution in [2.75, 3.05) is 0 Å². The molecule has 0 saturated heterocycles. The number of halogens is 3. The summed E-state index contributed by atoms with van der Waals surface area (Å²) in [6, 6.07) is 5.24. The van der Waals surface area contributed by atoms with E-state index >= 15 is 0 Å². The molecule has 2 aromatic rings. The van der Waals surface area contributed by atoms with Gasteiger partial charge in [0.05, 0.1) is 9.90 Å². The SMILES string of the molecule is O=C(O)c1nc(Br)sc1-c1ccc(Cl)c(Br)c1. The Morgan fingerprint density at radius 3 is 2.71 bits per heavy atom. The lowest BCUT2D eigenvalue weighted by Gasteiger charge is -2.01. The van der Waals surface area contributed by atoms with Gasteiger partial charge in [0.1, 0.15) is 0 Å². The van der Waals surface area contributed by atoms with Crippen LogP contribution >= 0.6 is 54.8 Å². The Bertz CT molecular complexity index is 600. The average Bonchev–Trinajstić information content (AvgIpc) is 2.64. The monoisotopic (exact) mass is 395 g/mol.